The van der Waals surface area contributed by atoms with E-state index in [0.29, 0.717) is 0 Å². The molecule has 0 rings (SSSR count). The first kappa shape index (κ1) is 7.39. The summed E-state index contributed by atoms with van der Waals surface area (Å²) in [6.45, 7) is 1.41. The minimum absolute atomic E-state index is 0.681. The highest BCUT2D eigenvalue weighted by Crippen LogP contribution is 1.84. The SMILES string of the molecule is C[C@H](O)[C@@H](N)C(N)=O. The largest absolute Gasteiger partial charge is 0.391 e. The van der Waals surface area contributed by atoms with Gasteiger partial charge < -0.3 is 16.6 Å². The molecule has 0 spiro atoms. The Balaban J connectivity index is 3.64. The van der Waals surface area contributed by atoms with Crippen LogP contribution in [0.1, 0.15) is 6.92 Å². The second-order valence-corrected chi connectivity index (χ2v) is 1.67. The summed E-state index contributed by atoms with van der Waals surface area (Å²) in [6, 6.07) is -0.935. The summed E-state index contributed by atoms with van der Waals surface area (Å²) in [5.41, 5.74) is 9.75. The smallest absolute Gasteiger partial charge is 0.237 e. The average Bonchev–Trinajstić information content (AvgIpc) is 1.64. The summed E-state index contributed by atoms with van der Waals surface area (Å²) in [4.78, 5) is 10.1. The molecule has 0 aliphatic rings. The third kappa shape index (κ3) is 1.90. The number of aliphatic hydroxyl groups is 1. The van der Waals surface area contributed by atoms with E-state index in [0.717, 1.165) is 0 Å². The summed E-state index contributed by atoms with van der Waals surface area (Å²) < 4.78 is 0. The molecule has 1 amide bonds. The van der Waals surface area contributed by atoms with Crippen molar-refractivity contribution in [3.05, 3.63) is 0 Å². The Bertz CT molecular complexity index is 92.0. The number of amides is 1. The first-order chi connectivity index (χ1) is 3.55. The van der Waals surface area contributed by atoms with Gasteiger partial charge in [-0.15, -0.1) is 0 Å². The second kappa shape index (κ2) is 2.64. The van der Waals surface area contributed by atoms with Crippen LogP contribution in [0.3, 0.4) is 0 Å². The van der Waals surface area contributed by atoms with Crippen molar-refractivity contribution < 1.29 is 9.90 Å². The molecule has 4 heteroatoms. The van der Waals surface area contributed by atoms with Crippen LogP contribution in [-0.2, 0) is 4.79 Å². The van der Waals surface area contributed by atoms with Crippen molar-refractivity contribution >= 4 is 5.91 Å². The lowest BCUT2D eigenvalue weighted by Gasteiger charge is -2.08. The molecule has 0 aliphatic heterocycles. The van der Waals surface area contributed by atoms with Crippen LogP contribution in [-0.4, -0.2) is 23.2 Å². The van der Waals surface area contributed by atoms with Gasteiger partial charge in [-0.3, -0.25) is 4.79 Å². The molecule has 0 bridgehead atoms. The summed E-state index contributed by atoms with van der Waals surface area (Å²) >= 11 is 0. The first-order valence-corrected chi connectivity index (χ1v) is 2.28. The van der Waals surface area contributed by atoms with E-state index in [2.05, 4.69) is 0 Å². The number of primary amides is 1. The first-order valence-electron chi connectivity index (χ1n) is 2.28. The van der Waals surface area contributed by atoms with Gasteiger partial charge in [0.1, 0.15) is 6.04 Å². The van der Waals surface area contributed by atoms with Crippen molar-refractivity contribution in [1.29, 1.82) is 0 Å². The molecule has 48 valence electrons. The molecular weight excluding hydrogens is 108 g/mol. The predicted molar refractivity (Wildman–Crippen MR) is 28.9 cm³/mol. The fraction of sp³-hybridized carbons (Fsp3) is 0.750. The lowest BCUT2D eigenvalue weighted by atomic mass is 10.2. The fourth-order valence-corrected chi connectivity index (χ4v) is 0.238. The monoisotopic (exact) mass is 118 g/mol. The zero-order valence-corrected chi connectivity index (χ0v) is 4.66. The molecule has 0 aliphatic carbocycles. The van der Waals surface area contributed by atoms with Crippen molar-refractivity contribution in [3.63, 3.8) is 0 Å². The number of carbonyl (C=O) groups excluding carboxylic acids is 1. The van der Waals surface area contributed by atoms with E-state index in [9.17, 15) is 4.79 Å². The highest BCUT2D eigenvalue weighted by molar-refractivity contribution is 5.80. The van der Waals surface area contributed by atoms with Gasteiger partial charge in [0.25, 0.3) is 0 Å². The zero-order valence-electron chi connectivity index (χ0n) is 4.66. The Kier molecular flexibility index (Phi) is 2.44. The van der Waals surface area contributed by atoms with Crippen LogP contribution in [0.4, 0.5) is 0 Å². The third-order valence-corrected chi connectivity index (χ3v) is 0.848. The maximum Gasteiger partial charge on any atom is 0.237 e. The van der Waals surface area contributed by atoms with Gasteiger partial charge in [-0.1, -0.05) is 0 Å². The van der Waals surface area contributed by atoms with Gasteiger partial charge in [-0.05, 0) is 6.92 Å². The molecular formula is C4H10N2O2. The van der Waals surface area contributed by atoms with Gasteiger partial charge in [0.2, 0.25) is 5.91 Å². The zero-order chi connectivity index (χ0) is 6.73. The molecule has 0 saturated carbocycles. The van der Waals surface area contributed by atoms with Gasteiger partial charge >= 0.3 is 0 Å². The van der Waals surface area contributed by atoms with Gasteiger partial charge in [0.15, 0.2) is 0 Å². The molecule has 8 heavy (non-hydrogen) atoms. The van der Waals surface area contributed by atoms with Crippen molar-refractivity contribution in [2.24, 2.45) is 11.5 Å². The second-order valence-electron chi connectivity index (χ2n) is 1.67. The van der Waals surface area contributed by atoms with Crippen LogP contribution < -0.4 is 11.5 Å². The van der Waals surface area contributed by atoms with Gasteiger partial charge in [0.05, 0.1) is 6.10 Å². The van der Waals surface area contributed by atoms with E-state index in [1.54, 1.807) is 0 Å². The maximum atomic E-state index is 10.1. The van der Waals surface area contributed by atoms with Crippen LogP contribution >= 0.6 is 0 Å². The normalized spacial score (nSPS) is 17.4. The minimum atomic E-state index is -0.935. The van der Waals surface area contributed by atoms with Crippen LogP contribution in [0, 0.1) is 0 Å². The number of rotatable bonds is 2. The highest BCUT2D eigenvalue weighted by atomic mass is 16.3. The van der Waals surface area contributed by atoms with Gasteiger partial charge in [-0.2, -0.15) is 0 Å². The predicted octanol–water partition coefficient (Wildman–Crippen LogP) is -1.82. The highest BCUT2D eigenvalue weighted by Gasteiger charge is 2.13. The summed E-state index contributed by atoms with van der Waals surface area (Å²) in [6.07, 6.45) is -0.854. The third-order valence-electron chi connectivity index (χ3n) is 0.848. The molecule has 0 radical (unpaired) electrons. The molecule has 0 unspecified atom stereocenters. The van der Waals surface area contributed by atoms with Crippen LogP contribution in [0.2, 0.25) is 0 Å². The number of carbonyl (C=O) groups is 1. The van der Waals surface area contributed by atoms with Gasteiger partial charge in [-0.25, -0.2) is 0 Å². The Morgan fingerprint density at radius 1 is 1.75 bits per heavy atom. The topological polar surface area (TPSA) is 89.3 Å². The lowest BCUT2D eigenvalue weighted by Crippen LogP contribution is -2.44. The number of hydrogen-bond donors (Lipinski definition) is 3. The molecule has 4 nitrogen and oxygen atoms in total. The molecule has 2 atom stereocenters. The molecule has 0 aromatic carbocycles. The summed E-state index contributed by atoms with van der Waals surface area (Å²) in [7, 11) is 0. The molecule has 0 aromatic rings. The van der Waals surface area contributed by atoms with Crippen molar-refractivity contribution in [2.75, 3.05) is 0 Å². The van der Waals surface area contributed by atoms with E-state index in [-0.39, 0.29) is 0 Å². The van der Waals surface area contributed by atoms with Crippen LogP contribution in [0.5, 0.6) is 0 Å². The van der Waals surface area contributed by atoms with E-state index in [1.807, 2.05) is 0 Å². The van der Waals surface area contributed by atoms with E-state index in [4.69, 9.17) is 16.6 Å². The van der Waals surface area contributed by atoms with Crippen molar-refractivity contribution in [3.8, 4) is 0 Å². The lowest BCUT2D eigenvalue weighted by molar-refractivity contribution is -0.121. The molecule has 0 heterocycles. The Hall–Kier alpha value is -0.610. The summed E-state index contributed by atoms with van der Waals surface area (Å²) in [5, 5.41) is 8.57. The maximum absolute atomic E-state index is 10.1. The number of hydrogen-bond acceptors (Lipinski definition) is 3. The minimum Gasteiger partial charge on any atom is -0.391 e. The van der Waals surface area contributed by atoms with E-state index >= 15 is 0 Å². The Morgan fingerprint density at radius 2 is 2.12 bits per heavy atom. The summed E-state index contributed by atoms with van der Waals surface area (Å²) in [5.74, 6) is -0.681. The van der Waals surface area contributed by atoms with Crippen LogP contribution in [0.15, 0.2) is 0 Å². The van der Waals surface area contributed by atoms with Crippen molar-refractivity contribution in [2.45, 2.75) is 19.1 Å². The average molecular weight is 118 g/mol. The molecule has 0 saturated heterocycles. The molecule has 5 N–H and O–H groups in total. The van der Waals surface area contributed by atoms with Crippen LogP contribution in [0.25, 0.3) is 0 Å². The standard InChI is InChI=1S/C4H10N2O2/c1-2(7)3(5)4(6)8/h2-3,7H,5H2,1H3,(H2,6,8)/t2-,3+/m0/s1. The van der Waals surface area contributed by atoms with Crippen molar-refractivity contribution in [1.82, 2.24) is 0 Å². The molecule has 0 fully saturated rings. The number of aliphatic hydroxyl groups excluding tert-OH is 1. The number of nitrogens with two attached hydrogens (primary N) is 2. The quantitative estimate of drug-likeness (QED) is 0.399. The van der Waals surface area contributed by atoms with E-state index in [1.165, 1.54) is 6.92 Å². The Labute approximate surface area is 47.5 Å². The van der Waals surface area contributed by atoms with Gasteiger partial charge in [0, 0.05) is 0 Å². The van der Waals surface area contributed by atoms with E-state index < -0.39 is 18.1 Å². The fourth-order valence-electron chi connectivity index (χ4n) is 0.238. The molecule has 0 aromatic heterocycles. The Morgan fingerprint density at radius 3 is 2.12 bits per heavy atom.